The third kappa shape index (κ3) is 3.72. The van der Waals surface area contributed by atoms with Gasteiger partial charge in [0.1, 0.15) is 0 Å². The van der Waals surface area contributed by atoms with Crippen molar-refractivity contribution in [3.63, 3.8) is 0 Å². The summed E-state index contributed by atoms with van der Waals surface area (Å²) in [5.41, 5.74) is 0.579. The fraction of sp³-hybridized carbons (Fsp3) is 0.250. The van der Waals surface area contributed by atoms with Gasteiger partial charge in [-0.15, -0.1) is 11.3 Å². The first-order chi connectivity index (χ1) is 9.10. The van der Waals surface area contributed by atoms with Gasteiger partial charge in [-0.05, 0) is 13.0 Å². The van der Waals surface area contributed by atoms with Gasteiger partial charge in [0.15, 0.2) is 16.0 Å². The molecular formula is C12H11Cl2FN2OS. The van der Waals surface area contributed by atoms with Crippen LogP contribution < -0.4 is 10.1 Å². The molecule has 1 heterocycles. The van der Waals surface area contributed by atoms with Crippen molar-refractivity contribution in [1.29, 1.82) is 0 Å². The second-order valence-corrected chi connectivity index (χ2v) is 5.74. The molecule has 0 aliphatic carbocycles. The minimum Gasteiger partial charge on any atom is -0.489 e. The van der Waals surface area contributed by atoms with Gasteiger partial charge in [-0.2, -0.15) is 0 Å². The Hall–Kier alpha value is -1.04. The van der Waals surface area contributed by atoms with Crippen molar-refractivity contribution in [2.45, 2.75) is 13.5 Å². The summed E-state index contributed by atoms with van der Waals surface area (Å²) >= 11 is 13.1. The number of rotatable bonds is 5. The topological polar surface area (TPSA) is 34.1 Å². The van der Waals surface area contributed by atoms with E-state index in [2.05, 4.69) is 10.3 Å². The average Bonchev–Trinajstić information content (AvgIpc) is 2.77. The quantitative estimate of drug-likeness (QED) is 0.874. The first-order valence-corrected chi connectivity index (χ1v) is 7.13. The Kier molecular flexibility index (Phi) is 4.85. The van der Waals surface area contributed by atoms with Crippen LogP contribution in [0.1, 0.15) is 11.8 Å². The highest BCUT2D eigenvalue weighted by molar-refractivity contribution is 7.15. The minimum atomic E-state index is -0.487. The summed E-state index contributed by atoms with van der Waals surface area (Å²) in [5, 5.41) is 3.30. The summed E-state index contributed by atoms with van der Waals surface area (Å²) in [6, 6.07) is 2.97. The monoisotopic (exact) mass is 320 g/mol. The predicted octanol–water partition coefficient (Wildman–Crippen LogP) is 4.60. The van der Waals surface area contributed by atoms with Crippen molar-refractivity contribution < 1.29 is 9.13 Å². The summed E-state index contributed by atoms with van der Waals surface area (Å²) in [4.78, 5) is 4.88. The van der Waals surface area contributed by atoms with Crippen LogP contribution in [-0.4, -0.2) is 11.6 Å². The Morgan fingerprint density at radius 3 is 2.79 bits per heavy atom. The molecule has 0 aliphatic rings. The first kappa shape index (κ1) is 14.4. The highest BCUT2D eigenvalue weighted by Gasteiger charge is 2.11. The molecule has 7 heteroatoms. The van der Waals surface area contributed by atoms with E-state index in [0.29, 0.717) is 23.3 Å². The Bertz CT molecular complexity index is 554. The van der Waals surface area contributed by atoms with Gasteiger partial charge in [-0.3, -0.25) is 0 Å². The largest absolute Gasteiger partial charge is 0.489 e. The molecule has 1 aromatic heterocycles. The number of anilines is 1. The fourth-order valence-corrected chi connectivity index (χ4v) is 2.68. The van der Waals surface area contributed by atoms with Crippen LogP contribution in [0.15, 0.2) is 18.3 Å². The van der Waals surface area contributed by atoms with E-state index >= 15 is 0 Å². The highest BCUT2D eigenvalue weighted by Crippen LogP contribution is 2.31. The second kappa shape index (κ2) is 6.41. The molecule has 0 spiro atoms. The molecular weight excluding hydrogens is 310 g/mol. The molecule has 3 nitrogen and oxygen atoms in total. The standard InChI is InChI=1S/C12H11Cl2FN2OS/c1-2-18-11-9(13)3-7(4-10(11)15)16-5-8-6-17-12(14)19-8/h3-4,6,16H,2,5H2,1H3. The number of thiazole rings is 1. The summed E-state index contributed by atoms with van der Waals surface area (Å²) in [5.74, 6) is -0.408. The minimum absolute atomic E-state index is 0.0792. The zero-order chi connectivity index (χ0) is 13.8. The van der Waals surface area contributed by atoms with Crippen molar-refractivity contribution in [2.75, 3.05) is 11.9 Å². The van der Waals surface area contributed by atoms with Crippen molar-refractivity contribution in [3.8, 4) is 5.75 Å². The molecule has 0 saturated heterocycles. The molecule has 19 heavy (non-hydrogen) atoms. The number of hydrogen-bond acceptors (Lipinski definition) is 4. The van der Waals surface area contributed by atoms with Gasteiger partial charge in [0, 0.05) is 22.8 Å². The van der Waals surface area contributed by atoms with Crippen LogP contribution >= 0.6 is 34.5 Å². The number of benzene rings is 1. The maximum atomic E-state index is 13.7. The maximum Gasteiger partial charge on any atom is 0.183 e. The van der Waals surface area contributed by atoms with E-state index in [0.717, 1.165) is 4.88 Å². The van der Waals surface area contributed by atoms with E-state index in [-0.39, 0.29) is 10.8 Å². The van der Waals surface area contributed by atoms with Crippen molar-refractivity contribution >= 4 is 40.2 Å². The van der Waals surface area contributed by atoms with Crippen LogP contribution in [-0.2, 0) is 6.54 Å². The number of hydrogen-bond donors (Lipinski definition) is 1. The van der Waals surface area contributed by atoms with Gasteiger partial charge in [-0.25, -0.2) is 9.37 Å². The zero-order valence-corrected chi connectivity index (χ0v) is 12.4. The van der Waals surface area contributed by atoms with E-state index in [4.69, 9.17) is 27.9 Å². The van der Waals surface area contributed by atoms with E-state index in [9.17, 15) is 4.39 Å². The van der Waals surface area contributed by atoms with Crippen LogP contribution in [0, 0.1) is 5.82 Å². The highest BCUT2D eigenvalue weighted by atomic mass is 35.5. The number of aromatic nitrogens is 1. The van der Waals surface area contributed by atoms with Crippen LogP contribution in [0.4, 0.5) is 10.1 Å². The molecule has 0 amide bonds. The number of nitrogens with one attached hydrogen (secondary N) is 1. The van der Waals surface area contributed by atoms with Crippen LogP contribution in [0.2, 0.25) is 9.49 Å². The lowest BCUT2D eigenvalue weighted by Gasteiger charge is -2.10. The fourth-order valence-electron chi connectivity index (χ4n) is 1.50. The molecule has 0 bridgehead atoms. The number of halogens is 3. The lowest BCUT2D eigenvalue weighted by molar-refractivity contribution is 0.322. The third-order valence-electron chi connectivity index (χ3n) is 2.28. The zero-order valence-electron chi connectivity index (χ0n) is 10.0. The van der Waals surface area contributed by atoms with E-state index in [1.165, 1.54) is 17.4 Å². The number of ether oxygens (including phenoxy) is 1. The van der Waals surface area contributed by atoms with Crippen molar-refractivity contribution in [3.05, 3.63) is 38.5 Å². The Labute approximate surface area is 124 Å². The molecule has 2 aromatic rings. The Morgan fingerprint density at radius 1 is 1.42 bits per heavy atom. The lowest BCUT2D eigenvalue weighted by Crippen LogP contribution is -2.00. The van der Waals surface area contributed by atoms with E-state index in [1.807, 2.05) is 0 Å². The smallest absolute Gasteiger partial charge is 0.183 e. The second-order valence-electron chi connectivity index (χ2n) is 3.64. The van der Waals surface area contributed by atoms with Crippen LogP contribution in [0.5, 0.6) is 5.75 Å². The Balaban J connectivity index is 2.09. The normalized spacial score (nSPS) is 10.5. The summed E-state index contributed by atoms with van der Waals surface area (Å²) in [6.45, 7) is 2.65. The van der Waals surface area contributed by atoms with Gasteiger partial charge >= 0.3 is 0 Å². The van der Waals surface area contributed by atoms with Gasteiger partial charge < -0.3 is 10.1 Å². The van der Waals surface area contributed by atoms with Crippen LogP contribution in [0.25, 0.3) is 0 Å². The van der Waals surface area contributed by atoms with Gasteiger partial charge in [0.25, 0.3) is 0 Å². The maximum absolute atomic E-state index is 13.7. The molecule has 0 saturated carbocycles. The van der Waals surface area contributed by atoms with Crippen molar-refractivity contribution in [1.82, 2.24) is 4.98 Å². The predicted molar refractivity (Wildman–Crippen MR) is 77.0 cm³/mol. The van der Waals surface area contributed by atoms with Crippen molar-refractivity contribution in [2.24, 2.45) is 0 Å². The number of nitrogens with zero attached hydrogens (tertiary/aromatic N) is 1. The molecule has 0 fully saturated rings. The third-order valence-corrected chi connectivity index (χ3v) is 3.67. The molecule has 0 aliphatic heterocycles. The molecule has 1 aromatic carbocycles. The van der Waals surface area contributed by atoms with E-state index in [1.54, 1.807) is 19.2 Å². The summed E-state index contributed by atoms with van der Waals surface area (Å²) < 4.78 is 19.4. The summed E-state index contributed by atoms with van der Waals surface area (Å²) in [6.07, 6.45) is 1.67. The molecule has 0 radical (unpaired) electrons. The average molecular weight is 321 g/mol. The molecule has 1 N–H and O–H groups in total. The summed E-state index contributed by atoms with van der Waals surface area (Å²) in [7, 11) is 0. The molecule has 102 valence electrons. The molecule has 0 atom stereocenters. The Morgan fingerprint density at radius 2 is 2.21 bits per heavy atom. The van der Waals surface area contributed by atoms with Gasteiger partial charge in [0.2, 0.25) is 0 Å². The lowest BCUT2D eigenvalue weighted by atomic mass is 10.3. The SMILES string of the molecule is CCOc1c(F)cc(NCc2cnc(Cl)s2)cc1Cl. The van der Waals surface area contributed by atoms with E-state index < -0.39 is 5.82 Å². The molecule has 0 unspecified atom stereocenters. The van der Waals surface area contributed by atoms with Gasteiger partial charge in [-0.1, -0.05) is 23.2 Å². The molecule has 2 rings (SSSR count). The first-order valence-electron chi connectivity index (χ1n) is 5.56. The van der Waals surface area contributed by atoms with Gasteiger partial charge in [0.05, 0.1) is 18.2 Å². The van der Waals surface area contributed by atoms with Crippen LogP contribution in [0.3, 0.4) is 0 Å².